The quantitative estimate of drug-likeness (QED) is 0.707. The molecule has 0 aromatic heterocycles. The van der Waals surface area contributed by atoms with Crippen LogP contribution < -0.4 is 5.32 Å². The summed E-state index contributed by atoms with van der Waals surface area (Å²) < 4.78 is 0. The smallest absolute Gasteiger partial charge is 0.313 e. The Morgan fingerprint density at radius 1 is 1.11 bits per heavy atom. The van der Waals surface area contributed by atoms with Gasteiger partial charge in [-0.2, -0.15) is 0 Å². The van der Waals surface area contributed by atoms with Crippen LogP contribution in [0.1, 0.15) is 44.1 Å². The summed E-state index contributed by atoms with van der Waals surface area (Å²) in [6, 6.07) is 9.63. The molecule has 1 aromatic rings. The van der Waals surface area contributed by atoms with Crippen LogP contribution in [0.2, 0.25) is 0 Å². The zero-order chi connectivity index (χ0) is 19.3. The molecule has 27 heavy (non-hydrogen) atoms. The molecule has 1 aliphatic heterocycles. The van der Waals surface area contributed by atoms with Crippen LogP contribution in [0.4, 0.5) is 0 Å². The summed E-state index contributed by atoms with van der Waals surface area (Å²) in [5.74, 6) is -1.05. The number of carboxylic acid groups (broad SMARTS) is 1. The Hall–Kier alpha value is -1.92. The van der Waals surface area contributed by atoms with Crippen molar-refractivity contribution >= 4 is 11.9 Å². The number of carbonyl (C=O) groups is 2. The molecule has 2 atom stereocenters. The number of hydrogen-bond acceptors (Lipinski definition) is 4. The van der Waals surface area contributed by atoms with Crippen molar-refractivity contribution in [2.24, 2.45) is 5.41 Å². The summed E-state index contributed by atoms with van der Waals surface area (Å²) in [4.78, 5) is 26.5. The number of rotatable bonds is 6. The van der Waals surface area contributed by atoms with E-state index in [0.29, 0.717) is 13.0 Å². The van der Waals surface area contributed by atoms with Gasteiger partial charge in [-0.1, -0.05) is 49.6 Å². The van der Waals surface area contributed by atoms with Crippen LogP contribution in [0.5, 0.6) is 0 Å². The van der Waals surface area contributed by atoms with E-state index in [1.54, 1.807) is 0 Å². The number of aliphatic hydroxyl groups excluding tert-OH is 1. The molecule has 1 saturated carbocycles. The monoisotopic (exact) mass is 374 g/mol. The van der Waals surface area contributed by atoms with Crippen LogP contribution in [0.3, 0.4) is 0 Å². The van der Waals surface area contributed by atoms with Crippen molar-refractivity contribution in [3.63, 3.8) is 0 Å². The highest BCUT2D eigenvalue weighted by atomic mass is 16.4. The second kappa shape index (κ2) is 8.85. The van der Waals surface area contributed by atoms with Gasteiger partial charge in [0.05, 0.1) is 12.6 Å². The number of nitrogens with one attached hydrogen (secondary N) is 1. The predicted molar refractivity (Wildman–Crippen MR) is 102 cm³/mol. The minimum absolute atomic E-state index is 0.0442. The standard InChI is InChI=1S/C21H30N2O4/c24-18-11-12-23(14-19(25)22-17-9-5-2-6-10-17)15-21(18,20(26)27)13-16-7-3-1-4-8-16/h1,3-4,7-8,17-18,24H,2,5-6,9-15H2,(H,22,25)(H,26,27)/t18?,21-/m0/s1. The van der Waals surface area contributed by atoms with Gasteiger partial charge in [0.2, 0.25) is 5.91 Å². The van der Waals surface area contributed by atoms with Crippen molar-refractivity contribution < 1.29 is 19.8 Å². The molecule has 1 heterocycles. The summed E-state index contributed by atoms with van der Waals surface area (Å²) in [6.07, 6.45) is 5.28. The topological polar surface area (TPSA) is 89.9 Å². The predicted octanol–water partition coefficient (Wildman–Crippen LogP) is 1.82. The highest BCUT2D eigenvalue weighted by Crippen LogP contribution is 2.34. The zero-order valence-corrected chi connectivity index (χ0v) is 15.8. The summed E-state index contributed by atoms with van der Waals surface area (Å²) in [7, 11) is 0. The van der Waals surface area contributed by atoms with E-state index in [1.807, 2.05) is 35.2 Å². The lowest BCUT2D eigenvalue weighted by atomic mass is 9.73. The Labute approximate surface area is 160 Å². The fourth-order valence-electron chi connectivity index (χ4n) is 4.44. The molecule has 1 unspecified atom stereocenters. The van der Waals surface area contributed by atoms with Crippen LogP contribution in [-0.2, 0) is 16.0 Å². The number of nitrogens with zero attached hydrogens (tertiary/aromatic N) is 1. The molecule has 2 fully saturated rings. The van der Waals surface area contributed by atoms with Gasteiger partial charge in [0, 0.05) is 19.1 Å². The minimum Gasteiger partial charge on any atom is -0.481 e. The largest absolute Gasteiger partial charge is 0.481 e. The Kier molecular flexibility index (Phi) is 6.50. The number of amides is 1. The van der Waals surface area contributed by atoms with Crippen LogP contribution in [0, 0.1) is 5.41 Å². The van der Waals surface area contributed by atoms with Crippen LogP contribution in [-0.4, -0.2) is 58.8 Å². The van der Waals surface area contributed by atoms with E-state index >= 15 is 0 Å². The van der Waals surface area contributed by atoms with Gasteiger partial charge in [0.15, 0.2) is 0 Å². The van der Waals surface area contributed by atoms with Crippen molar-refractivity contribution in [2.75, 3.05) is 19.6 Å². The maximum Gasteiger partial charge on any atom is 0.313 e. The van der Waals surface area contributed by atoms with Crippen LogP contribution in [0.25, 0.3) is 0 Å². The molecule has 1 amide bonds. The van der Waals surface area contributed by atoms with Crippen molar-refractivity contribution in [1.82, 2.24) is 10.2 Å². The Bertz CT molecular complexity index is 645. The molecule has 6 nitrogen and oxygen atoms in total. The van der Waals surface area contributed by atoms with Gasteiger partial charge in [0.1, 0.15) is 5.41 Å². The van der Waals surface area contributed by atoms with Crippen LogP contribution >= 0.6 is 0 Å². The third-order valence-electron chi connectivity index (χ3n) is 5.99. The second-order valence-corrected chi connectivity index (χ2v) is 8.04. The Morgan fingerprint density at radius 3 is 2.48 bits per heavy atom. The number of hydrogen-bond donors (Lipinski definition) is 3. The van der Waals surface area contributed by atoms with Crippen LogP contribution in [0.15, 0.2) is 30.3 Å². The minimum atomic E-state index is -1.29. The van der Waals surface area contributed by atoms with E-state index in [0.717, 1.165) is 31.2 Å². The molecule has 3 N–H and O–H groups in total. The van der Waals surface area contributed by atoms with E-state index in [2.05, 4.69) is 5.32 Å². The summed E-state index contributed by atoms with van der Waals surface area (Å²) in [6.45, 7) is 0.895. The number of carboxylic acids is 1. The molecule has 0 radical (unpaired) electrons. The Morgan fingerprint density at radius 2 is 1.81 bits per heavy atom. The number of likely N-dealkylation sites (tertiary alicyclic amines) is 1. The molecule has 1 aliphatic carbocycles. The highest BCUT2D eigenvalue weighted by Gasteiger charge is 2.49. The lowest BCUT2D eigenvalue weighted by Crippen LogP contribution is -2.58. The molecule has 1 aromatic carbocycles. The lowest BCUT2D eigenvalue weighted by molar-refractivity contribution is -0.164. The number of piperidine rings is 1. The number of aliphatic carboxylic acids is 1. The zero-order valence-electron chi connectivity index (χ0n) is 15.8. The SMILES string of the molecule is O=C(CN1CCC(O)[C@@](Cc2ccccc2)(C(=O)O)C1)NC1CCCCC1. The third kappa shape index (κ3) is 4.87. The van der Waals surface area contributed by atoms with Gasteiger partial charge in [-0.3, -0.25) is 14.5 Å². The lowest BCUT2D eigenvalue weighted by Gasteiger charge is -2.43. The second-order valence-electron chi connectivity index (χ2n) is 8.04. The molecule has 2 aliphatic rings. The molecule has 6 heteroatoms. The first-order valence-corrected chi connectivity index (χ1v) is 9.97. The average molecular weight is 374 g/mol. The third-order valence-corrected chi connectivity index (χ3v) is 5.99. The first-order valence-electron chi connectivity index (χ1n) is 9.97. The van der Waals surface area contributed by atoms with Gasteiger partial charge in [-0.05, 0) is 31.2 Å². The fraction of sp³-hybridized carbons (Fsp3) is 0.619. The molecule has 3 rings (SSSR count). The van der Waals surface area contributed by atoms with Gasteiger partial charge in [-0.25, -0.2) is 0 Å². The first kappa shape index (κ1) is 19.8. The molecular weight excluding hydrogens is 344 g/mol. The molecule has 148 valence electrons. The van der Waals surface area contributed by atoms with Gasteiger partial charge < -0.3 is 15.5 Å². The average Bonchev–Trinajstić information content (AvgIpc) is 2.66. The number of aliphatic hydroxyl groups is 1. The summed E-state index contributed by atoms with van der Waals surface area (Å²) in [5, 5.41) is 23.6. The number of benzene rings is 1. The molecule has 0 spiro atoms. The molecular formula is C21H30N2O4. The normalized spacial score (nSPS) is 27.2. The molecule has 1 saturated heterocycles. The van der Waals surface area contributed by atoms with E-state index in [1.165, 1.54) is 6.42 Å². The van der Waals surface area contributed by atoms with E-state index in [9.17, 15) is 19.8 Å². The molecule has 0 bridgehead atoms. The summed E-state index contributed by atoms with van der Waals surface area (Å²) in [5.41, 5.74) is -0.405. The van der Waals surface area contributed by atoms with Crippen molar-refractivity contribution in [3.8, 4) is 0 Å². The van der Waals surface area contributed by atoms with Crippen molar-refractivity contribution in [2.45, 2.75) is 57.1 Å². The van der Waals surface area contributed by atoms with Gasteiger partial charge in [-0.15, -0.1) is 0 Å². The fourth-order valence-corrected chi connectivity index (χ4v) is 4.44. The highest BCUT2D eigenvalue weighted by molar-refractivity contribution is 5.79. The number of carbonyl (C=O) groups excluding carboxylic acids is 1. The maximum absolute atomic E-state index is 12.4. The Balaban J connectivity index is 1.65. The van der Waals surface area contributed by atoms with E-state index in [4.69, 9.17) is 0 Å². The van der Waals surface area contributed by atoms with Gasteiger partial charge >= 0.3 is 5.97 Å². The van der Waals surface area contributed by atoms with E-state index < -0.39 is 17.5 Å². The van der Waals surface area contributed by atoms with E-state index in [-0.39, 0.29) is 31.5 Å². The van der Waals surface area contributed by atoms with Gasteiger partial charge in [0.25, 0.3) is 0 Å². The van der Waals surface area contributed by atoms with Crippen molar-refractivity contribution in [1.29, 1.82) is 0 Å². The van der Waals surface area contributed by atoms with Crippen molar-refractivity contribution in [3.05, 3.63) is 35.9 Å². The summed E-state index contributed by atoms with van der Waals surface area (Å²) >= 11 is 0. The first-order chi connectivity index (χ1) is 13.0. The maximum atomic E-state index is 12.4.